The Kier molecular flexibility index (Phi) is 4.62. The van der Waals surface area contributed by atoms with Gasteiger partial charge in [-0.25, -0.2) is 0 Å². The van der Waals surface area contributed by atoms with Gasteiger partial charge in [-0.15, -0.1) is 0 Å². The summed E-state index contributed by atoms with van der Waals surface area (Å²) in [7, 11) is 1.78. The molecule has 0 aliphatic carbocycles. The Morgan fingerprint density at radius 1 is 1.29 bits per heavy atom. The number of aryl methyl sites for hydroxylation is 1. The van der Waals surface area contributed by atoms with Crippen molar-refractivity contribution in [3.05, 3.63) is 35.5 Å². The van der Waals surface area contributed by atoms with Crippen LogP contribution in [0.1, 0.15) is 24.6 Å². The normalized spacial score (nSPS) is 10.6. The van der Waals surface area contributed by atoms with Crippen LogP contribution < -0.4 is 5.32 Å². The van der Waals surface area contributed by atoms with Gasteiger partial charge in [0.05, 0.1) is 6.54 Å². The number of rotatable bonds is 5. The van der Waals surface area contributed by atoms with E-state index in [9.17, 15) is 9.59 Å². The number of H-pyrrole nitrogens is 1. The van der Waals surface area contributed by atoms with Crippen molar-refractivity contribution in [1.29, 1.82) is 0 Å². The first-order chi connectivity index (χ1) is 9.99. The molecule has 1 heterocycles. The van der Waals surface area contributed by atoms with E-state index >= 15 is 0 Å². The lowest BCUT2D eigenvalue weighted by Gasteiger charge is -2.17. The number of aromatic nitrogens is 1. The van der Waals surface area contributed by atoms with Gasteiger partial charge in [0.15, 0.2) is 0 Å². The summed E-state index contributed by atoms with van der Waals surface area (Å²) in [5.74, 6) is -0.0984. The molecule has 5 nitrogen and oxygen atoms in total. The minimum Gasteiger partial charge on any atom is -0.357 e. The fourth-order valence-corrected chi connectivity index (χ4v) is 2.36. The first-order valence-electron chi connectivity index (χ1n) is 7.03. The average Bonchev–Trinajstić information content (AvgIpc) is 2.75. The third kappa shape index (κ3) is 3.62. The summed E-state index contributed by atoms with van der Waals surface area (Å²) in [6.45, 7) is 4.43. The van der Waals surface area contributed by atoms with Gasteiger partial charge in [-0.05, 0) is 18.6 Å². The molecular formula is C16H21N3O2. The van der Waals surface area contributed by atoms with E-state index in [0.717, 1.165) is 11.2 Å². The third-order valence-electron chi connectivity index (χ3n) is 3.60. The molecule has 0 saturated carbocycles. The fourth-order valence-electron chi connectivity index (χ4n) is 2.36. The molecule has 0 aliphatic rings. The summed E-state index contributed by atoms with van der Waals surface area (Å²) in [5.41, 5.74) is 3.31. The molecule has 0 unspecified atom stereocenters. The Bertz CT molecular complexity index is 661. The van der Waals surface area contributed by atoms with Crippen LogP contribution in [0.2, 0.25) is 0 Å². The van der Waals surface area contributed by atoms with Crippen molar-refractivity contribution in [2.75, 3.05) is 13.6 Å². The second-order valence-corrected chi connectivity index (χ2v) is 5.26. The van der Waals surface area contributed by atoms with E-state index in [1.807, 2.05) is 18.2 Å². The maximum atomic E-state index is 12.0. The number of hydrogen-bond donors (Lipinski definition) is 2. The van der Waals surface area contributed by atoms with Crippen LogP contribution in [-0.4, -0.2) is 35.3 Å². The van der Waals surface area contributed by atoms with Gasteiger partial charge in [-0.3, -0.25) is 9.59 Å². The van der Waals surface area contributed by atoms with E-state index in [0.29, 0.717) is 19.5 Å². The number of carbonyl (C=O) groups excluding carboxylic acids is 2. The minimum atomic E-state index is -0.114. The molecule has 2 amide bonds. The van der Waals surface area contributed by atoms with Gasteiger partial charge in [-0.2, -0.15) is 0 Å². The fraction of sp³-hybridized carbons (Fsp3) is 0.375. The van der Waals surface area contributed by atoms with Crippen LogP contribution >= 0.6 is 0 Å². The summed E-state index contributed by atoms with van der Waals surface area (Å²) >= 11 is 0. The van der Waals surface area contributed by atoms with Gasteiger partial charge in [0.1, 0.15) is 0 Å². The van der Waals surface area contributed by atoms with Crippen molar-refractivity contribution in [2.24, 2.45) is 0 Å². The third-order valence-corrected chi connectivity index (χ3v) is 3.60. The first-order valence-corrected chi connectivity index (χ1v) is 7.03. The van der Waals surface area contributed by atoms with Crippen molar-refractivity contribution in [3.63, 3.8) is 0 Å². The molecule has 0 atom stereocenters. The highest BCUT2D eigenvalue weighted by Gasteiger charge is 2.13. The number of amides is 2. The van der Waals surface area contributed by atoms with E-state index in [4.69, 9.17) is 0 Å². The summed E-state index contributed by atoms with van der Waals surface area (Å²) < 4.78 is 0. The lowest BCUT2D eigenvalue weighted by Crippen LogP contribution is -2.31. The highest BCUT2D eigenvalue weighted by atomic mass is 16.2. The Hall–Kier alpha value is -2.30. The predicted molar refractivity (Wildman–Crippen MR) is 82.8 cm³/mol. The quantitative estimate of drug-likeness (QED) is 0.883. The standard InChI is InChI=1S/C16H21N3O2/c1-11-13-6-4-5-7-14(13)18-15(11)10-19(3)16(21)8-9-17-12(2)20/h4-7,18H,8-10H2,1-3H3,(H,17,20). The summed E-state index contributed by atoms with van der Waals surface area (Å²) in [5, 5.41) is 3.82. The zero-order chi connectivity index (χ0) is 15.4. The maximum absolute atomic E-state index is 12.0. The van der Waals surface area contributed by atoms with E-state index in [-0.39, 0.29) is 11.8 Å². The number of aromatic amines is 1. The molecule has 1 aromatic carbocycles. The Labute approximate surface area is 124 Å². The highest BCUT2D eigenvalue weighted by Crippen LogP contribution is 2.22. The van der Waals surface area contributed by atoms with Crippen molar-refractivity contribution in [1.82, 2.24) is 15.2 Å². The topological polar surface area (TPSA) is 65.2 Å². The lowest BCUT2D eigenvalue weighted by molar-refractivity contribution is -0.130. The summed E-state index contributed by atoms with van der Waals surface area (Å²) in [6.07, 6.45) is 0.315. The Balaban J connectivity index is 2.00. The molecule has 2 aromatic rings. The van der Waals surface area contributed by atoms with Crippen molar-refractivity contribution in [3.8, 4) is 0 Å². The van der Waals surface area contributed by atoms with Crippen molar-refractivity contribution >= 4 is 22.7 Å². The van der Waals surface area contributed by atoms with Gasteiger partial charge in [0.2, 0.25) is 11.8 Å². The zero-order valence-electron chi connectivity index (χ0n) is 12.7. The molecule has 0 spiro atoms. The number of nitrogens with zero attached hydrogens (tertiary/aromatic N) is 1. The molecule has 0 saturated heterocycles. The van der Waals surface area contributed by atoms with Gasteiger partial charge in [0, 0.05) is 43.5 Å². The Morgan fingerprint density at radius 2 is 2.00 bits per heavy atom. The molecule has 2 rings (SSSR count). The SMILES string of the molecule is CC(=O)NCCC(=O)N(C)Cc1[nH]c2ccccc2c1C. The minimum absolute atomic E-state index is 0.0156. The largest absolute Gasteiger partial charge is 0.357 e. The molecule has 0 radical (unpaired) electrons. The molecular weight excluding hydrogens is 266 g/mol. The highest BCUT2D eigenvalue weighted by molar-refractivity contribution is 5.84. The molecule has 1 aromatic heterocycles. The monoisotopic (exact) mass is 287 g/mol. The number of carbonyl (C=O) groups is 2. The molecule has 0 aliphatic heterocycles. The second-order valence-electron chi connectivity index (χ2n) is 5.26. The van der Waals surface area contributed by atoms with Crippen LogP contribution in [0.3, 0.4) is 0 Å². The van der Waals surface area contributed by atoms with Gasteiger partial charge >= 0.3 is 0 Å². The second kappa shape index (κ2) is 6.43. The maximum Gasteiger partial charge on any atom is 0.224 e. The van der Waals surface area contributed by atoms with Crippen LogP contribution in [0.5, 0.6) is 0 Å². The number of benzene rings is 1. The predicted octanol–water partition coefficient (Wildman–Crippen LogP) is 1.96. The van der Waals surface area contributed by atoms with Crippen molar-refractivity contribution < 1.29 is 9.59 Å². The number of hydrogen-bond acceptors (Lipinski definition) is 2. The van der Waals surface area contributed by atoms with Crippen LogP contribution in [0.15, 0.2) is 24.3 Å². The van der Waals surface area contributed by atoms with Crippen LogP contribution in [-0.2, 0) is 16.1 Å². The molecule has 21 heavy (non-hydrogen) atoms. The van der Waals surface area contributed by atoms with Gasteiger partial charge in [0.25, 0.3) is 0 Å². The van der Waals surface area contributed by atoms with Crippen molar-refractivity contribution in [2.45, 2.75) is 26.8 Å². The average molecular weight is 287 g/mol. The number of nitrogens with one attached hydrogen (secondary N) is 2. The van der Waals surface area contributed by atoms with Gasteiger partial charge in [-0.1, -0.05) is 18.2 Å². The summed E-state index contributed by atoms with van der Waals surface area (Å²) in [4.78, 5) is 27.8. The molecule has 0 bridgehead atoms. The molecule has 2 N–H and O–H groups in total. The summed E-state index contributed by atoms with van der Waals surface area (Å²) in [6, 6.07) is 8.10. The Morgan fingerprint density at radius 3 is 2.67 bits per heavy atom. The van der Waals surface area contributed by atoms with Crippen LogP contribution in [0.25, 0.3) is 10.9 Å². The smallest absolute Gasteiger partial charge is 0.224 e. The van der Waals surface area contributed by atoms with Gasteiger partial charge < -0.3 is 15.2 Å². The van der Waals surface area contributed by atoms with Crippen LogP contribution in [0, 0.1) is 6.92 Å². The zero-order valence-corrected chi connectivity index (χ0v) is 12.7. The molecule has 0 fully saturated rings. The number of para-hydroxylation sites is 1. The van der Waals surface area contributed by atoms with E-state index in [2.05, 4.69) is 23.3 Å². The number of fused-ring (bicyclic) bond motifs is 1. The molecule has 112 valence electrons. The molecule has 5 heteroatoms. The van der Waals surface area contributed by atoms with E-state index in [1.165, 1.54) is 17.9 Å². The first kappa shape index (κ1) is 15.1. The van der Waals surface area contributed by atoms with E-state index in [1.54, 1.807) is 11.9 Å². The van der Waals surface area contributed by atoms with Crippen LogP contribution in [0.4, 0.5) is 0 Å². The van der Waals surface area contributed by atoms with E-state index < -0.39 is 0 Å². The lowest BCUT2D eigenvalue weighted by atomic mass is 10.1.